The summed E-state index contributed by atoms with van der Waals surface area (Å²) in [4.78, 5) is 0. The smallest absolute Gasteiger partial charge is 0.126 e. The third-order valence-electron chi connectivity index (χ3n) is 3.52. The van der Waals surface area contributed by atoms with Gasteiger partial charge in [-0.2, -0.15) is 0 Å². The summed E-state index contributed by atoms with van der Waals surface area (Å²) in [5, 5.41) is 3.15. The number of benzene rings is 2. The number of hydrogen-bond acceptors (Lipinski definition) is 2. The summed E-state index contributed by atoms with van der Waals surface area (Å²) in [6.07, 6.45) is 1.17. The lowest BCUT2D eigenvalue weighted by atomic mass is 9.98. The largest absolute Gasteiger partial charge is 0.497 e. The monoisotopic (exact) mass is 291 g/mol. The Balaban J connectivity index is 2.07. The summed E-state index contributed by atoms with van der Waals surface area (Å²) in [6, 6.07) is 11.3. The zero-order valence-corrected chi connectivity index (χ0v) is 12.2. The summed E-state index contributed by atoms with van der Waals surface area (Å²) in [5.41, 5.74) is 1.51. The number of methoxy groups -OCH3 is 1. The molecule has 0 fully saturated rings. The first-order valence-electron chi connectivity index (χ1n) is 6.86. The Morgan fingerprint density at radius 1 is 1.05 bits per heavy atom. The molecule has 21 heavy (non-hydrogen) atoms. The van der Waals surface area contributed by atoms with E-state index in [9.17, 15) is 8.78 Å². The average molecular weight is 291 g/mol. The number of rotatable bonds is 6. The SMILES string of the molecule is CNC(Cc1ccc(OC)cc1)Cc1cc(F)ccc1F. The molecule has 0 radical (unpaired) electrons. The summed E-state index contributed by atoms with van der Waals surface area (Å²) < 4.78 is 32.0. The summed E-state index contributed by atoms with van der Waals surface area (Å²) in [5.74, 6) is 0.0213. The molecule has 0 aliphatic rings. The minimum atomic E-state index is -0.411. The number of halogens is 2. The second-order valence-corrected chi connectivity index (χ2v) is 4.98. The number of nitrogens with one attached hydrogen (secondary N) is 1. The molecule has 4 heteroatoms. The highest BCUT2D eigenvalue weighted by molar-refractivity contribution is 5.28. The lowest BCUT2D eigenvalue weighted by Gasteiger charge is -2.17. The minimum absolute atomic E-state index is 0.0368. The van der Waals surface area contributed by atoms with E-state index in [0.717, 1.165) is 23.8 Å². The van der Waals surface area contributed by atoms with Gasteiger partial charge < -0.3 is 10.1 Å². The highest BCUT2D eigenvalue weighted by Gasteiger charge is 2.12. The molecule has 0 spiro atoms. The second kappa shape index (κ2) is 7.18. The van der Waals surface area contributed by atoms with Crippen molar-refractivity contribution in [1.29, 1.82) is 0 Å². The van der Waals surface area contributed by atoms with E-state index in [1.165, 1.54) is 12.1 Å². The lowest BCUT2D eigenvalue weighted by molar-refractivity contribution is 0.414. The zero-order valence-electron chi connectivity index (χ0n) is 12.2. The van der Waals surface area contributed by atoms with Crippen molar-refractivity contribution in [2.45, 2.75) is 18.9 Å². The quantitative estimate of drug-likeness (QED) is 0.881. The fraction of sp³-hybridized carbons (Fsp3) is 0.294. The van der Waals surface area contributed by atoms with Crippen LogP contribution in [0.5, 0.6) is 5.75 Å². The summed E-state index contributed by atoms with van der Waals surface area (Å²) in [7, 11) is 3.45. The molecule has 0 heterocycles. The van der Waals surface area contributed by atoms with Crippen LogP contribution in [0.1, 0.15) is 11.1 Å². The van der Waals surface area contributed by atoms with Crippen molar-refractivity contribution in [2.75, 3.05) is 14.2 Å². The van der Waals surface area contributed by atoms with Crippen molar-refractivity contribution in [2.24, 2.45) is 0 Å². The van der Waals surface area contributed by atoms with Crippen LogP contribution in [0.15, 0.2) is 42.5 Å². The molecule has 0 bridgehead atoms. The molecule has 0 amide bonds. The van der Waals surface area contributed by atoms with Crippen molar-refractivity contribution >= 4 is 0 Å². The van der Waals surface area contributed by atoms with Crippen LogP contribution in [-0.4, -0.2) is 20.2 Å². The van der Waals surface area contributed by atoms with E-state index in [1.54, 1.807) is 7.11 Å². The Labute approximate surface area is 123 Å². The fourth-order valence-electron chi connectivity index (χ4n) is 2.29. The summed E-state index contributed by atoms with van der Waals surface area (Å²) >= 11 is 0. The van der Waals surface area contributed by atoms with E-state index < -0.39 is 5.82 Å². The van der Waals surface area contributed by atoms with Crippen molar-refractivity contribution in [3.8, 4) is 5.75 Å². The molecule has 2 aromatic carbocycles. The zero-order chi connectivity index (χ0) is 15.2. The number of ether oxygens (including phenoxy) is 1. The van der Waals surface area contributed by atoms with Crippen molar-refractivity contribution < 1.29 is 13.5 Å². The molecule has 0 aliphatic heterocycles. The van der Waals surface area contributed by atoms with Crippen LogP contribution < -0.4 is 10.1 Å². The van der Waals surface area contributed by atoms with Gasteiger partial charge >= 0.3 is 0 Å². The van der Waals surface area contributed by atoms with E-state index in [4.69, 9.17) is 4.74 Å². The van der Waals surface area contributed by atoms with Gasteiger partial charge in [0, 0.05) is 6.04 Å². The molecule has 2 nitrogen and oxygen atoms in total. The van der Waals surface area contributed by atoms with Crippen LogP contribution in [0.25, 0.3) is 0 Å². The van der Waals surface area contributed by atoms with Crippen LogP contribution >= 0.6 is 0 Å². The summed E-state index contributed by atoms with van der Waals surface area (Å²) in [6.45, 7) is 0. The first kappa shape index (κ1) is 15.4. The molecule has 0 saturated carbocycles. The van der Waals surface area contributed by atoms with E-state index in [0.29, 0.717) is 12.0 Å². The van der Waals surface area contributed by atoms with Gasteiger partial charge in [0.15, 0.2) is 0 Å². The Bertz CT molecular complexity index is 584. The molecule has 1 atom stereocenters. The van der Waals surface area contributed by atoms with Gasteiger partial charge in [0.2, 0.25) is 0 Å². The van der Waals surface area contributed by atoms with E-state index >= 15 is 0 Å². The van der Waals surface area contributed by atoms with Crippen LogP contribution in [-0.2, 0) is 12.8 Å². The molecule has 2 rings (SSSR count). The van der Waals surface area contributed by atoms with Gasteiger partial charge in [0.05, 0.1) is 7.11 Å². The van der Waals surface area contributed by atoms with Crippen LogP contribution in [0.3, 0.4) is 0 Å². The fourth-order valence-corrected chi connectivity index (χ4v) is 2.29. The van der Waals surface area contributed by atoms with Gasteiger partial charge in [-0.25, -0.2) is 8.78 Å². The maximum atomic E-state index is 13.7. The Morgan fingerprint density at radius 2 is 1.76 bits per heavy atom. The predicted molar refractivity (Wildman–Crippen MR) is 79.6 cm³/mol. The van der Waals surface area contributed by atoms with Gasteiger partial charge in [-0.1, -0.05) is 12.1 Å². The van der Waals surface area contributed by atoms with Crippen molar-refractivity contribution in [3.05, 3.63) is 65.2 Å². The molecular formula is C17H19F2NO. The molecule has 112 valence electrons. The highest BCUT2D eigenvalue weighted by Crippen LogP contribution is 2.16. The topological polar surface area (TPSA) is 21.3 Å². The van der Waals surface area contributed by atoms with Crippen molar-refractivity contribution in [1.82, 2.24) is 5.32 Å². The molecule has 1 N–H and O–H groups in total. The van der Waals surface area contributed by atoms with Gasteiger partial charge in [0.25, 0.3) is 0 Å². The average Bonchev–Trinajstić information content (AvgIpc) is 2.51. The third-order valence-corrected chi connectivity index (χ3v) is 3.52. The first-order valence-corrected chi connectivity index (χ1v) is 6.86. The Hall–Kier alpha value is -1.94. The highest BCUT2D eigenvalue weighted by atomic mass is 19.1. The molecule has 2 aromatic rings. The van der Waals surface area contributed by atoms with Crippen molar-refractivity contribution in [3.63, 3.8) is 0 Å². The maximum absolute atomic E-state index is 13.7. The van der Waals surface area contributed by atoms with Gasteiger partial charge in [0.1, 0.15) is 17.4 Å². The van der Waals surface area contributed by atoms with E-state index in [-0.39, 0.29) is 11.9 Å². The van der Waals surface area contributed by atoms with Crippen LogP contribution in [0, 0.1) is 11.6 Å². The molecular weight excluding hydrogens is 272 g/mol. The lowest BCUT2D eigenvalue weighted by Crippen LogP contribution is -2.30. The minimum Gasteiger partial charge on any atom is -0.497 e. The predicted octanol–water partition coefficient (Wildman–Crippen LogP) is 3.35. The second-order valence-electron chi connectivity index (χ2n) is 4.98. The van der Waals surface area contributed by atoms with Crippen LogP contribution in [0.2, 0.25) is 0 Å². The van der Waals surface area contributed by atoms with Crippen LogP contribution in [0.4, 0.5) is 8.78 Å². The standard InChI is InChI=1S/C17H19F2NO/c1-20-15(9-12-3-6-16(21-2)7-4-12)11-13-10-14(18)5-8-17(13)19/h3-8,10,15,20H,9,11H2,1-2H3. The molecule has 0 saturated heterocycles. The number of hydrogen-bond donors (Lipinski definition) is 1. The third kappa shape index (κ3) is 4.26. The van der Waals surface area contributed by atoms with E-state index in [1.807, 2.05) is 31.3 Å². The molecule has 1 unspecified atom stereocenters. The number of likely N-dealkylation sites (N-methyl/N-ethyl adjacent to an activating group) is 1. The molecule has 0 aromatic heterocycles. The van der Waals surface area contributed by atoms with E-state index in [2.05, 4.69) is 5.32 Å². The van der Waals surface area contributed by atoms with Gasteiger partial charge in [-0.15, -0.1) is 0 Å². The maximum Gasteiger partial charge on any atom is 0.126 e. The Morgan fingerprint density at radius 3 is 2.38 bits per heavy atom. The molecule has 0 aliphatic carbocycles. The first-order chi connectivity index (χ1) is 10.1. The normalized spacial score (nSPS) is 12.2. The Kier molecular flexibility index (Phi) is 5.28. The van der Waals surface area contributed by atoms with Gasteiger partial charge in [-0.3, -0.25) is 0 Å². The van der Waals surface area contributed by atoms with Gasteiger partial charge in [-0.05, 0) is 61.3 Å².